The number of rotatable bonds is 3. The fourth-order valence-corrected chi connectivity index (χ4v) is 2.39. The SMILES string of the molecule is CC(=O)N1CC(c2ccccc2)C(C(=O)c2ccco2)=N1. The number of amides is 1. The van der Waals surface area contributed by atoms with Crippen LogP contribution in [-0.2, 0) is 4.79 Å². The van der Waals surface area contributed by atoms with Gasteiger partial charge in [-0.25, -0.2) is 5.01 Å². The molecule has 1 aliphatic heterocycles. The van der Waals surface area contributed by atoms with E-state index in [2.05, 4.69) is 5.10 Å². The van der Waals surface area contributed by atoms with Gasteiger partial charge in [0, 0.05) is 6.92 Å². The zero-order chi connectivity index (χ0) is 14.8. The van der Waals surface area contributed by atoms with E-state index >= 15 is 0 Å². The van der Waals surface area contributed by atoms with Crippen LogP contribution < -0.4 is 0 Å². The molecule has 21 heavy (non-hydrogen) atoms. The predicted octanol–water partition coefficient (Wildman–Crippen LogP) is 2.46. The van der Waals surface area contributed by atoms with Crippen LogP contribution >= 0.6 is 0 Å². The standard InChI is InChI=1S/C16H14N2O3/c1-11(19)18-10-13(12-6-3-2-4-7-12)15(17-18)16(20)14-8-5-9-21-14/h2-9,13H,10H2,1H3. The normalized spacial score (nSPS) is 17.7. The summed E-state index contributed by atoms with van der Waals surface area (Å²) in [6, 6.07) is 12.8. The lowest BCUT2D eigenvalue weighted by molar-refractivity contribution is -0.128. The third-order valence-corrected chi connectivity index (χ3v) is 3.46. The number of carbonyl (C=O) groups is 2. The minimum Gasteiger partial charge on any atom is -0.461 e. The van der Waals surface area contributed by atoms with Gasteiger partial charge in [0.25, 0.3) is 0 Å². The highest BCUT2D eigenvalue weighted by molar-refractivity contribution is 6.47. The molecule has 1 atom stereocenters. The maximum atomic E-state index is 12.5. The van der Waals surface area contributed by atoms with E-state index in [4.69, 9.17) is 4.42 Å². The van der Waals surface area contributed by atoms with Gasteiger partial charge in [-0.3, -0.25) is 9.59 Å². The minimum atomic E-state index is -0.280. The lowest BCUT2D eigenvalue weighted by atomic mass is 9.92. The van der Waals surface area contributed by atoms with Crippen molar-refractivity contribution < 1.29 is 14.0 Å². The first-order chi connectivity index (χ1) is 10.2. The fraction of sp³-hybridized carbons (Fsp3) is 0.188. The quantitative estimate of drug-likeness (QED) is 0.812. The van der Waals surface area contributed by atoms with Crippen molar-refractivity contribution >= 4 is 17.4 Å². The first-order valence-corrected chi connectivity index (χ1v) is 6.66. The molecule has 0 radical (unpaired) electrons. The molecule has 1 unspecified atom stereocenters. The first-order valence-electron chi connectivity index (χ1n) is 6.66. The number of hydrazone groups is 1. The molecule has 1 aliphatic rings. The van der Waals surface area contributed by atoms with E-state index in [1.807, 2.05) is 30.3 Å². The molecule has 0 N–H and O–H groups in total. The Labute approximate surface area is 121 Å². The molecule has 0 saturated heterocycles. The summed E-state index contributed by atoms with van der Waals surface area (Å²) in [5.74, 6) is -0.455. The number of hydrogen-bond acceptors (Lipinski definition) is 4. The molecule has 0 bridgehead atoms. The van der Waals surface area contributed by atoms with Crippen LogP contribution in [0.25, 0.3) is 0 Å². The molecule has 1 aromatic carbocycles. The third kappa shape index (κ3) is 2.50. The van der Waals surface area contributed by atoms with Crippen molar-refractivity contribution in [1.29, 1.82) is 0 Å². The Balaban J connectivity index is 1.98. The molecule has 106 valence electrons. The van der Waals surface area contributed by atoms with Crippen molar-refractivity contribution in [3.8, 4) is 0 Å². The van der Waals surface area contributed by atoms with Crippen molar-refractivity contribution in [3.05, 3.63) is 60.1 Å². The van der Waals surface area contributed by atoms with Crippen LogP contribution in [0.2, 0.25) is 0 Å². The van der Waals surface area contributed by atoms with Crippen molar-refractivity contribution in [2.24, 2.45) is 5.10 Å². The summed E-state index contributed by atoms with van der Waals surface area (Å²) in [6.07, 6.45) is 1.45. The number of carbonyl (C=O) groups excluding carboxylic acids is 2. The zero-order valence-electron chi connectivity index (χ0n) is 11.5. The number of nitrogens with zero attached hydrogens (tertiary/aromatic N) is 2. The van der Waals surface area contributed by atoms with Crippen LogP contribution in [0.4, 0.5) is 0 Å². The monoisotopic (exact) mass is 282 g/mol. The summed E-state index contributed by atoms with van der Waals surface area (Å²) < 4.78 is 5.15. The molecular weight excluding hydrogens is 268 g/mol. The van der Waals surface area contributed by atoms with Gasteiger partial charge in [-0.1, -0.05) is 30.3 Å². The molecule has 0 fully saturated rings. The summed E-state index contributed by atoms with van der Waals surface area (Å²) in [6.45, 7) is 1.81. The second-order valence-corrected chi connectivity index (χ2v) is 4.86. The van der Waals surface area contributed by atoms with Gasteiger partial charge >= 0.3 is 0 Å². The van der Waals surface area contributed by atoms with Gasteiger partial charge in [-0.15, -0.1) is 0 Å². The van der Waals surface area contributed by atoms with Gasteiger partial charge in [-0.05, 0) is 17.7 Å². The van der Waals surface area contributed by atoms with Crippen LogP contribution in [-0.4, -0.2) is 29.0 Å². The Morgan fingerprint density at radius 1 is 1.19 bits per heavy atom. The van der Waals surface area contributed by atoms with E-state index in [-0.39, 0.29) is 23.4 Å². The molecule has 1 amide bonds. The molecule has 2 aromatic rings. The van der Waals surface area contributed by atoms with Crippen molar-refractivity contribution in [2.75, 3.05) is 6.54 Å². The van der Waals surface area contributed by atoms with Gasteiger partial charge < -0.3 is 4.42 Å². The van der Waals surface area contributed by atoms with Gasteiger partial charge in [0.15, 0.2) is 5.76 Å². The van der Waals surface area contributed by atoms with E-state index < -0.39 is 0 Å². The maximum Gasteiger partial charge on any atom is 0.244 e. The van der Waals surface area contributed by atoms with Crippen LogP contribution in [0, 0.1) is 0 Å². The highest BCUT2D eigenvalue weighted by atomic mass is 16.3. The van der Waals surface area contributed by atoms with E-state index in [0.717, 1.165) is 5.56 Å². The van der Waals surface area contributed by atoms with Crippen LogP contribution in [0.3, 0.4) is 0 Å². The maximum absolute atomic E-state index is 12.5. The highest BCUT2D eigenvalue weighted by Crippen LogP contribution is 2.27. The predicted molar refractivity (Wildman–Crippen MR) is 77.0 cm³/mol. The second kappa shape index (κ2) is 5.36. The average molecular weight is 282 g/mol. The summed E-state index contributed by atoms with van der Waals surface area (Å²) >= 11 is 0. The second-order valence-electron chi connectivity index (χ2n) is 4.86. The largest absolute Gasteiger partial charge is 0.461 e. The van der Waals surface area contributed by atoms with E-state index in [9.17, 15) is 9.59 Å². The molecule has 0 aliphatic carbocycles. The van der Waals surface area contributed by atoms with E-state index in [1.54, 1.807) is 12.1 Å². The Morgan fingerprint density at radius 3 is 2.57 bits per heavy atom. The number of Topliss-reactive ketones (excluding diaryl/α,β-unsaturated/α-hetero) is 1. The van der Waals surface area contributed by atoms with Crippen molar-refractivity contribution in [3.63, 3.8) is 0 Å². The van der Waals surface area contributed by atoms with Crippen molar-refractivity contribution in [2.45, 2.75) is 12.8 Å². The summed E-state index contributed by atoms with van der Waals surface area (Å²) in [4.78, 5) is 24.1. The van der Waals surface area contributed by atoms with E-state index in [0.29, 0.717) is 12.3 Å². The number of ketones is 1. The van der Waals surface area contributed by atoms with Crippen LogP contribution in [0.5, 0.6) is 0 Å². The molecule has 2 heterocycles. The Kier molecular flexibility index (Phi) is 3.39. The Morgan fingerprint density at radius 2 is 1.95 bits per heavy atom. The number of furan rings is 1. The Hall–Kier alpha value is -2.69. The third-order valence-electron chi connectivity index (χ3n) is 3.46. The highest BCUT2D eigenvalue weighted by Gasteiger charge is 2.35. The minimum absolute atomic E-state index is 0.182. The smallest absolute Gasteiger partial charge is 0.244 e. The fourth-order valence-electron chi connectivity index (χ4n) is 2.39. The molecular formula is C16H14N2O3. The first kappa shape index (κ1) is 13.3. The topological polar surface area (TPSA) is 62.9 Å². The molecule has 5 heteroatoms. The van der Waals surface area contributed by atoms with Crippen molar-refractivity contribution in [1.82, 2.24) is 5.01 Å². The van der Waals surface area contributed by atoms with E-state index in [1.165, 1.54) is 18.2 Å². The summed E-state index contributed by atoms with van der Waals surface area (Å²) in [5.41, 5.74) is 1.30. The Bertz CT molecular complexity index is 690. The summed E-state index contributed by atoms with van der Waals surface area (Å²) in [7, 11) is 0. The lowest BCUT2D eigenvalue weighted by Gasteiger charge is -2.13. The molecule has 0 saturated carbocycles. The number of hydrogen-bond donors (Lipinski definition) is 0. The van der Waals surface area contributed by atoms with Crippen LogP contribution in [0.15, 0.2) is 58.2 Å². The molecule has 5 nitrogen and oxygen atoms in total. The van der Waals surface area contributed by atoms with Gasteiger partial charge in [0.05, 0.1) is 18.7 Å². The zero-order valence-corrected chi connectivity index (χ0v) is 11.5. The van der Waals surface area contributed by atoms with Gasteiger partial charge in [-0.2, -0.15) is 5.10 Å². The van der Waals surface area contributed by atoms with Crippen LogP contribution in [0.1, 0.15) is 29.0 Å². The van der Waals surface area contributed by atoms with Gasteiger partial charge in [0.2, 0.25) is 11.7 Å². The number of benzene rings is 1. The molecule has 0 spiro atoms. The van der Waals surface area contributed by atoms with Gasteiger partial charge in [0.1, 0.15) is 5.71 Å². The lowest BCUT2D eigenvalue weighted by Crippen LogP contribution is -2.24. The summed E-state index contributed by atoms with van der Waals surface area (Å²) in [5, 5.41) is 5.52. The average Bonchev–Trinajstić information content (AvgIpc) is 3.17. The molecule has 1 aromatic heterocycles. The molecule has 3 rings (SSSR count).